The summed E-state index contributed by atoms with van der Waals surface area (Å²) in [5.74, 6) is -1.97. The first kappa shape index (κ1) is 30.8. The zero-order valence-corrected chi connectivity index (χ0v) is 23.2. The maximum absolute atomic E-state index is 14.1. The molecule has 0 bridgehead atoms. The van der Waals surface area contributed by atoms with E-state index in [1.807, 2.05) is 19.1 Å². The highest BCUT2D eigenvalue weighted by Gasteiger charge is 2.37. The first-order chi connectivity index (χ1) is 19.5. The Labute approximate surface area is 237 Å². The number of fused-ring (bicyclic) bond motifs is 1. The summed E-state index contributed by atoms with van der Waals surface area (Å²) in [7, 11) is 0. The van der Waals surface area contributed by atoms with Gasteiger partial charge < -0.3 is 31.1 Å². The molecular formula is C30H34FN5O5. The van der Waals surface area contributed by atoms with Crippen LogP contribution in [0.4, 0.5) is 10.1 Å². The highest BCUT2D eigenvalue weighted by molar-refractivity contribution is 6.01. The molecule has 3 aromatic carbocycles. The van der Waals surface area contributed by atoms with Crippen LogP contribution in [-0.2, 0) is 34.0 Å². The number of amidine groups is 1. The number of aliphatic carboxylic acids is 1. The van der Waals surface area contributed by atoms with E-state index >= 15 is 0 Å². The van der Waals surface area contributed by atoms with Crippen LogP contribution in [0.5, 0.6) is 0 Å². The third-order valence-corrected chi connectivity index (χ3v) is 6.36. The van der Waals surface area contributed by atoms with Crippen LogP contribution in [0.15, 0.2) is 60.7 Å². The molecule has 2 amide bonds. The monoisotopic (exact) mass is 563 g/mol. The van der Waals surface area contributed by atoms with Crippen LogP contribution in [-0.4, -0.2) is 46.5 Å². The summed E-state index contributed by atoms with van der Waals surface area (Å²) < 4.78 is 19.8. The van der Waals surface area contributed by atoms with Crippen molar-refractivity contribution in [3.8, 4) is 0 Å². The summed E-state index contributed by atoms with van der Waals surface area (Å²) in [6.07, 6.45) is -1.09. The second kappa shape index (κ2) is 14.0. The van der Waals surface area contributed by atoms with Crippen LogP contribution in [0.25, 0.3) is 0 Å². The van der Waals surface area contributed by atoms with Gasteiger partial charge in [-0.3, -0.25) is 19.8 Å². The SMILES string of the molecule is CC(=O)O.CCOC(C(=O)NCc1ccc(C(=N)N)cc1NCc1ccccc1F)N1Cc2c(C)cccc2C1=O. The van der Waals surface area contributed by atoms with Gasteiger partial charge in [0.05, 0.1) is 6.54 Å². The quantitative estimate of drug-likeness (QED) is 0.186. The van der Waals surface area contributed by atoms with Gasteiger partial charge >= 0.3 is 0 Å². The summed E-state index contributed by atoms with van der Waals surface area (Å²) in [6.45, 7) is 5.66. The molecule has 1 unspecified atom stereocenters. The minimum absolute atomic E-state index is 0.108. The van der Waals surface area contributed by atoms with Crippen LogP contribution in [0, 0.1) is 18.2 Å². The van der Waals surface area contributed by atoms with Crippen molar-refractivity contribution in [1.82, 2.24) is 10.2 Å². The van der Waals surface area contributed by atoms with Crippen molar-refractivity contribution in [3.05, 3.63) is 99.9 Å². The van der Waals surface area contributed by atoms with Gasteiger partial charge in [0.15, 0.2) is 0 Å². The van der Waals surface area contributed by atoms with Gasteiger partial charge in [0, 0.05) is 49.0 Å². The fourth-order valence-electron chi connectivity index (χ4n) is 4.33. The van der Waals surface area contributed by atoms with Gasteiger partial charge in [0.1, 0.15) is 11.7 Å². The molecule has 4 rings (SSSR count). The van der Waals surface area contributed by atoms with E-state index in [2.05, 4.69) is 10.6 Å². The topological polar surface area (TPSA) is 158 Å². The number of anilines is 1. The van der Waals surface area contributed by atoms with E-state index in [4.69, 9.17) is 25.8 Å². The third kappa shape index (κ3) is 7.89. The number of rotatable bonds is 10. The highest BCUT2D eigenvalue weighted by Crippen LogP contribution is 2.28. The lowest BCUT2D eigenvalue weighted by atomic mass is 10.1. The molecule has 1 aliphatic rings. The van der Waals surface area contributed by atoms with Crippen LogP contribution in [0.3, 0.4) is 0 Å². The number of nitrogens with two attached hydrogens (primary N) is 1. The van der Waals surface area contributed by atoms with E-state index in [1.165, 1.54) is 11.0 Å². The van der Waals surface area contributed by atoms with E-state index in [1.54, 1.807) is 49.4 Å². The van der Waals surface area contributed by atoms with Crippen molar-refractivity contribution in [3.63, 3.8) is 0 Å². The molecule has 0 spiro atoms. The van der Waals surface area contributed by atoms with Crippen LogP contribution in [0.1, 0.15) is 52.0 Å². The molecule has 0 fully saturated rings. The van der Waals surface area contributed by atoms with Crippen molar-refractivity contribution in [2.24, 2.45) is 5.73 Å². The van der Waals surface area contributed by atoms with Crippen molar-refractivity contribution >= 4 is 29.3 Å². The minimum atomic E-state index is -1.09. The minimum Gasteiger partial charge on any atom is -0.481 e. The van der Waals surface area contributed by atoms with Gasteiger partial charge in [-0.05, 0) is 48.7 Å². The third-order valence-electron chi connectivity index (χ3n) is 6.36. The largest absolute Gasteiger partial charge is 0.481 e. The number of hydrogen-bond donors (Lipinski definition) is 5. The van der Waals surface area contributed by atoms with Gasteiger partial charge in [0.2, 0.25) is 6.23 Å². The van der Waals surface area contributed by atoms with Crippen molar-refractivity contribution < 1.29 is 28.6 Å². The number of carbonyl (C=O) groups excluding carboxylic acids is 2. The van der Waals surface area contributed by atoms with Gasteiger partial charge in [-0.15, -0.1) is 0 Å². The molecule has 10 nitrogen and oxygen atoms in total. The number of benzene rings is 3. The molecule has 0 saturated heterocycles. The van der Waals surface area contributed by atoms with Gasteiger partial charge in [-0.2, -0.15) is 0 Å². The summed E-state index contributed by atoms with van der Waals surface area (Å²) in [6, 6.07) is 17.1. The Balaban J connectivity index is 0.00000108. The number of hydrogen-bond acceptors (Lipinski definition) is 6. The Morgan fingerprint density at radius 3 is 2.46 bits per heavy atom. The van der Waals surface area contributed by atoms with E-state index in [0.29, 0.717) is 34.5 Å². The fraction of sp³-hybridized carbons (Fsp3) is 0.267. The van der Waals surface area contributed by atoms with Crippen molar-refractivity contribution in [2.45, 2.75) is 46.6 Å². The lowest BCUT2D eigenvalue weighted by Gasteiger charge is -2.26. The fourth-order valence-corrected chi connectivity index (χ4v) is 4.33. The molecule has 6 N–H and O–H groups in total. The highest BCUT2D eigenvalue weighted by atomic mass is 19.1. The summed E-state index contributed by atoms with van der Waals surface area (Å²) in [4.78, 5) is 36.7. The van der Waals surface area contributed by atoms with E-state index in [-0.39, 0.29) is 37.3 Å². The Morgan fingerprint density at radius 2 is 1.83 bits per heavy atom. The number of nitrogens with zero attached hydrogens (tertiary/aromatic N) is 1. The number of aryl methyl sites for hydroxylation is 1. The number of carboxylic acid groups (broad SMARTS) is 1. The predicted octanol–water partition coefficient (Wildman–Crippen LogP) is 3.76. The lowest BCUT2D eigenvalue weighted by molar-refractivity contribution is -0.143. The molecule has 0 aromatic heterocycles. The lowest BCUT2D eigenvalue weighted by Crippen LogP contribution is -2.48. The maximum atomic E-state index is 14.1. The average molecular weight is 564 g/mol. The molecule has 1 heterocycles. The number of halogens is 1. The average Bonchev–Trinajstić information content (AvgIpc) is 3.27. The second-order valence-corrected chi connectivity index (χ2v) is 9.31. The number of carbonyl (C=O) groups is 3. The first-order valence-electron chi connectivity index (χ1n) is 13.0. The number of nitrogens with one attached hydrogen (secondary N) is 3. The van der Waals surface area contributed by atoms with E-state index in [0.717, 1.165) is 18.1 Å². The summed E-state index contributed by atoms with van der Waals surface area (Å²) in [5, 5.41) is 21.2. The Bertz CT molecular complexity index is 1440. The molecule has 3 aromatic rings. The molecule has 11 heteroatoms. The molecule has 1 atom stereocenters. The zero-order valence-electron chi connectivity index (χ0n) is 23.2. The Kier molecular flexibility index (Phi) is 10.5. The maximum Gasteiger partial charge on any atom is 0.300 e. The standard InChI is InChI=1S/C28H30FN5O3.C2H4O2/c1-3-37-28(34-16-22-17(2)7-6-9-21(22)27(34)36)26(35)33-15-20-12-11-18(25(30)31)13-24(20)32-14-19-8-4-5-10-23(19)29;1-2(3)4/h4-13,28,32H,3,14-16H2,1-2H3,(H3,30,31)(H,33,35);1H3,(H,3,4). The molecule has 0 radical (unpaired) electrons. The number of carboxylic acids is 1. The molecule has 0 aliphatic carbocycles. The van der Waals surface area contributed by atoms with Gasteiger partial charge in [-0.1, -0.05) is 42.5 Å². The zero-order chi connectivity index (χ0) is 30.1. The van der Waals surface area contributed by atoms with Crippen LogP contribution < -0.4 is 16.4 Å². The summed E-state index contributed by atoms with van der Waals surface area (Å²) >= 11 is 0. The molecule has 41 heavy (non-hydrogen) atoms. The molecular weight excluding hydrogens is 529 g/mol. The smallest absolute Gasteiger partial charge is 0.300 e. The number of amides is 2. The van der Waals surface area contributed by atoms with Gasteiger partial charge in [0.25, 0.3) is 17.8 Å². The second-order valence-electron chi connectivity index (χ2n) is 9.31. The van der Waals surface area contributed by atoms with E-state index in [9.17, 15) is 14.0 Å². The normalized spacial score (nSPS) is 12.6. The van der Waals surface area contributed by atoms with Crippen molar-refractivity contribution in [2.75, 3.05) is 11.9 Å². The summed E-state index contributed by atoms with van der Waals surface area (Å²) in [5.41, 5.74) is 10.4. The molecule has 216 valence electrons. The van der Waals surface area contributed by atoms with Gasteiger partial charge in [-0.25, -0.2) is 4.39 Å². The Morgan fingerprint density at radius 1 is 1.12 bits per heavy atom. The van der Waals surface area contributed by atoms with E-state index < -0.39 is 18.1 Å². The molecule has 0 saturated carbocycles. The Hall–Kier alpha value is -4.77. The number of ether oxygens (including phenoxy) is 1. The predicted molar refractivity (Wildman–Crippen MR) is 153 cm³/mol. The number of nitrogen functional groups attached to an aromatic ring is 1. The van der Waals surface area contributed by atoms with Crippen molar-refractivity contribution in [1.29, 1.82) is 5.41 Å². The molecule has 1 aliphatic heterocycles. The van der Waals surface area contributed by atoms with Crippen LogP contribution in [0.2, 0.25) is 0 Å². The van der Waals surface area contributed by atoms with Crippen LogP contribution >= 0.6 is 0 Å². The first-order valence-corrected chi connectivity index (χ1v) is 13.0.